The number of hydrogen-bond acceptors (Lipinski definition) is 6. The largest absolute Gasteiger partial charge is 0.468 e. The molecule has 2 aromatic carbocycles. The minimum Gasteiger partial charge on any atom is -0.468 e. The van der Waals surface area contributed by atoms with Gasteiger partial charge in [-0.2, -0.15) is 9.30 Å². The Morgan fingerprint density at radius 3 is 2.53 bits per heavy atom. The normalized spacial score (nSPS) is 17.4. The smallest absolute Gasteiger partial charge is 0.325 e. The lowest BCUT2D eigenvalue weighted by molar-refractivity contribution is -0.141. The lowest BCUT2D eigenvalue weighted by Crippen LogP contribution is -2.43. The molecule has 36 heavy (non-hydrogen) atoms. The number of carbonyl (C=O) groups is 2. The number of nitrogens with zero attached hydrogens (tertiary/aromatic N) is 3. The molecule has 1 unspecified atom stereocenters. The third-order valence-electron chi connectivity index (χ3n) is 6.58. The highest BCUT2D eigenvalue weighted by molar-refractivity contribution is 7.89. The predicted octanol–water partition coefficient (Wildman–Crippen LogP) is 4.19. The molecule has 1 aliphatic rings. The summed E-state index contributed by atoms with van der Waals surface area (Å²) in [7, 11) is -2.32. The van der Waals surface area contributed by atoms with Crippen LogP contribution in [0.15, 0.2) is 46.3 Å². The molecule has 1 amide bonds. The molecule has 192 valence electrons. The summed E-state index contributed by atoms with van der Waals surface area (Å²) in [4.78, 5) is 30.0. The number of carbonyl (C=O) groups excluding carboxylic acids is 2. The van der Waals surface area contributed by atoms with E-state index in [0.29, 0.717) is 11.3 Å². The number of aryl methyl sites for hydroxylation is 2. The van der Waals surface area contributed by atoms with Crippen molar-refractivity contribution in [3.8, 4) is 0 Å². The zero-order valence-corrected chi connectivity index (χ0v) is 22.6. The molecule has 4 rings (SSSR count). The van der Waals surface area contributed by atoms with Crippen molar-refractivity contribution in [2.45, 2.75) is 63.9 Å². The molecule has 1 aromatic heterocycles. The van der Waals surface area contributed by atoms with Crippen LogP contribution in [0.4, 0.5) is 0 Å². The molecular weight excluding hydrogens is 498 g/mol. The van der Waals surface area contributed by atoms with Crippen molar-refractivity contribution in [3.63, 3.8) is 0 Å². The van der Waals surface area contributed by atoms with Crippen LogP contribution < -0.4 is 4.80 Å². The molecule has 0 aliphatic carbocycles. The number of aromatic nitrogens is 1. The summed E-state index contributed by atoms with van der Waals surface area (Å²) >= 11 is 1.32. The highest BCUT2D eigenvalue weighted by Crippen LogP contribution is 2.27. The van der Waals surface area contributed by atoms with Crippen LogP contribution in [0.3, 0.4) is 0 Å². The molecule has 1 atom stereocenters. The van der Waals surface area contributed by atoms with Gasteiger partial charge in [0.05, 0.1) is 22.2 Å². The Kier molecular flexibility index (Phi) is 7.77. The molecule has 0 bridgehead atoms. The second-order valence-corrected chi connectivity index (χ2v) is 12.0. The van der Waals surface area contributed by atoms with Crippen LogP contribution in [0.25, 0.3) is 10.2 Å². The molecule has 0 spiro atoms. The van der Waals surface area contributed by atoms with Gasteiger partial charge in [0.1, 0.15) is 6.54 Å². The maximum atomic E-state index is 13.2. The van der Waals surface area contributed by atoms with Crippen LogP contribution >= 0.6 is 11.3 Å². The standard InChI is InChI=1S/C26H31N3O5S2/c1-5-20-8-6-7-13-29(20)36(32,33)21-11-9-19(10-12-21)25(31)27-26-28(16-23(30)34-4)24-18(3)14-17(2)15-22(24)35-26/h9-12,14-15,20H,5-8,13,16H2,1-4H3. The van der Waals surface area contributed by atoms with E-state index < -0.39 is 21.9 Å². The molecule has 3 aromatic rings. The number of esters is 1. The maximum Gasteiger partial charge on any atom is 0.325 e. The number of hydrogen-bond donors (Lipinski definition) is 0. The lowest BCUT2D eigenvalue weighted by Gasteiger charge is -2.34. The van der Waals surface area contributed by atoms with Gasteiger partial charge in [-0.05, 0) is 74.6 Å². The van der Waals surface area contributed by atoms with E-state index in [1.54, 1.807) is 8.87 Å². The molecule has 1 fully saturated rings. The third kappa shape index (κ3) is 5.16. The first-order valence-corrected chi connectivity index (χ1v) is 14.3. The second kappa shape index (κ2) is 10.7. The van der Waals surface area contributed by atoms with Gasteiger partial charge >= 0.3 is 5.97 Å². The molecule has 0 N–H and O–H groups in total. The summed E-state index contributed by atoms with van der Waals surface area (Å²) in [6, 6.07) is 9.95. The summed E-state index contributed by atoms with van der Waals surface area (Å²) in [5.41, 5.74) is 3.14. The van der Waals surface area contributed by atoms with Crippen LogP contribution in [0, 0.1) is 13.8 Å². The fourth-order valence-electron chi connectivity index (χ4n) is 4.77. The number of piperidine rings is 1. The average Bonchev–Trinajstić information content (AvgIpc) is 3.20. The van der Waals surface area contributed by atoms with Gasteiger partial charge in [0.2, 0.25) is 10.0 Å². The van der Waals surface area contributed by atoms with E-state index in [4.69, 9.17) is 4.74 Å². The minimum absolute atomic E-state index is 0.00497. The zero-order valence-electron chi connectivity index (χ0n) is 21.0. The van der Waals surface area contributed by atoms with Crippen LogP contribution in [0.2, 0.25) is 0 Å². The van der Waals surface area contributed by atoms with Crippen LogP contribution in [-0.2, 0) is 26.1 Å². The van der Waals surface area contributed by atoms with Gasteiger partial charge in [-0.25, -0.2) is 8.42 Å². The van der Waals surface area contributed by atoms with Gasteiger partial charge in [0.15, 0.2) is 4.80 Å². The number of fused-ring (bicyclic) bond motifs is 1. The fraction of sp³-hybridized carbons (Fsp3) is 0.423. The Labute approximate surface area is 215 Å². The monoisotopic (exact) mass is 529 g/mol. The Balaban J connectivity index is 1.69. The van der Waals surface area contributed by atoms with Gasteiger partial charge < -0.3 is 9.30 Å². The molecule has 0 saturated carbocycles. The molecule has 8 nitrogen and oxygen atoms in total. The number of amides is 1. The van der Waals surface area contributed by atoms with Crippen molar-refractivity contribution in [2.75, 3.05) is 13.7 Å². The average molecular weight is 530 g/mol. The molecular formula is C26H31N3O5S2. The van der Waals surface area contributed by atoms with E-state index in [9.17, 15) is 18.0 Å². The zero-order chi connectivity index (χ0) is 26.0. The summed E-state index contributed by atoms with van der Waals surface area (Å²) in [5.74, 6) is -0.955. The van der Waals surface area contributed by atoms with Crippen LogP contribution in [0.1, 0.15) is 54.1 Å². The van der Waals surface area contributed by atoms with E-state index in [1.807, 2.05) is 32.9 Å². The molecule has 2 heterocycles. The highest BCUT2D eigenvalue weighted by Gasteiger charge is 2.32. The number of methoxy groups -OCH3 is 1. The Morgan fingerprint density at radius 1 is 1.14 bits per heavy atom. The van der Waals surface area contributed by atoms with Crippen LogP contribution in [-0.4, -0.2) is 48.9 Å². The quantitative estimate of drug-likeness (QED) is 0.446. The first kappa shape index (κ1) is 26.2. The topological polar surface area (TPSA) is 98.0 Å². The predicted molar refractivity (Wildman–Crippen MR) is 139 cm³/mol. The van der Waals surface area contributed by atoms with Crippen molar-refractivity contribution < 1.29 is 22.7 Å². The second-order valence-electron chi connectivity index (χ2n) is 9.09. The lowest BCUT2D eigenvalue weighted by atomic mass is 10.0. The Bertz CT molecular complexity index is 1470. The van der Waals surface area contributed by atoms with E-state index >= 15 is 0 Å². The van der Waals surface area contributed by atoms with E-state index in [-0.39, 0.29) is 23.0 Å². The number of benzene rings is 2. The molecule has 0 radical (unpaired) electrons. The number of sulfonamides is 1. The maximum absolute atomic E-state index is 13.2. The van der Waals surface area contributed by atoms with Gasteiger partial charge in [-0.3, -0.25) is 9.59 Å². The minimum atomic E-state index is -3.64. The SMILES string of the molecule is CCC1CCCCN1S(=O)(=O)c1ccc(C(=O)N=c2sc3cc(C)cc(C)c3n2CC(=O)OC)cc1. The van der Waals surface area contributed by atoms with Gasteiger partial charge in [-0.15, -0.1) is 0 Å². The van der Waals surface area contributed by atoms with E-state index in [1.165, 1.54) is 42.7 Å². The molecule has 1 aliphatic heterocycles. The number of rotatable bonds is 6. The summed E-state index contributed by atoms with van der Waals surface area (Å²) in [6.07, 6.45) is 3.52. The van der Waals surface area contributed by atoms with E-state index in [0.717, 1.165) is 47.0 Å². The van der Waals surface area contributed by atoms with Crippen molar-refractivity contribution in [1.82, 2.24) is 8.87 Å². The molecule has 1 saturated heterocycles. The Morgan fingerprint density at radius 2 is 1.86 bits per heavy atom. The van der Waals surface area contributed by atoms with E-state index in [2.05, 4.69) is 4.99 Å². The highest BCUT2D eigenvalue weighted by atomic mass is 32.2. The first-order valence-electron chi connectivity index (χ1n) is 12.0. The van der Waals surface area contributed by atoms with Crippen molar-refractivity contribution in [3.05, 3.63) is 57.9 Å². The summed E-state index contributed by atoms with van der Waals surface area (Å²) in [5, 5.41) is 0. The van der Waals surface area contributed by atoms with Crippen molar-refractivity contribution in [2.24, 2.45) is 4.99 Å². The summed E-state index contributed by atoms with van der Waals surface area (Å²) < 4.78 is 35.5. The number of ether oxygens (including phenoxy) is 1. The molecule has 10 heteroatoms. The van der Waals surface area contributed by atoms with Crippen molar-refractivity contribution >= 4 is 43.5 Å². The fourth-order valence-corrected chi connectivity index (χ4v) is 7.74. The van der Waals surface area contributed by atoms with Crippen LogP contribution in [0.5, 0.6) is 0 Å². The first-order chi connectivity index (χ1) is 17.1. The van der Waals surface area contributed by atoms with Gasteiger partial charge in [-0.1, -0.05) is 30.7 Å². The number of thiazole rings is 1. The third-order valence-corrected chi connectivity index (χ3v) is 9.57. The van der Waals surface area contributed by atoms with Crippen molar-refractivity contribution in [1.29, 1.82) is 0 Å². The Hall–Kier alpha value is -2.82. The van der Waals surface area contributed by atoms with Gasteiger partial charge in [0.25, 0.3) is 5.91 Å². The van der Waals surface area contributed by atoms with Gasteiger partial charge in [0, 0.05) is 18.2 Å². The summed E-state index contributed by atoms with van der Waals surface area (Å²) in [6.45, 7) is 6.39.